The van der Waals surface area contributed by atoms with E-state index >= 15 is 0 Å². The Hall–Kier alpha value is -3.47. The number of rotatable bonds is 4. The minimum atomic E-state index is -0.266. The molecule has 0 aliphatic carbocycles. The summed E-state index contributed by atoms with van der Waals surface area (Å²) in [7, 11) is 0. The molecule has 5 heteroatoms. The first-order valence-electron chi connectivity index (χ1n) is 9.93. The van der Waals surface area contributed by atoms with Crippen LogP contribution in [0.5, 0.6) is 0 Å². The van der Waals surface area contributed by atoms with Gasteiger partial charge in [-0.2, -0.15) is 0 Å². The first-order valence-corrected chi connectivity index (χ1v) is 9.93. The lowest BCUT2D eigenvalue weighted by molar-refractivity contribution is 0.0608. The van der Waals surface area contributed by atoms with Crippen molar-refractivity contribution < 1.29 is 14.4 Å². The molecule has 0 unspecified atom stereocenters. The second kappa shape index (κ2) is 6.55. The van der Waals surface area contributed by atoms with E-state index in [1.807, 2.05) is 43.3 Å². The van der Waals surface area contributed by atoms with Crippen molar-refractivity contribution in [2.24, 2.45) is 0 Å². The molecule has 5 rings (SSSR count). The van der Waals surface area contributed by atoms with Gasteiger partial charge in [-0.25, -0.2) is 0 Å². The van der Waals surface area contributed by atoms with Crippen LogP contribution in [0, 0.1) is 0 Å². The molecule has 2 heterocycles. The molecule has 3 amide bonds. The summed E-state index contributed by atoms with van der Waals surface area (Å²) in [5, 5.41) is 1.37. The maximum absolute atomic E-state index is 13.2. The number of imide groups is 1. The zero-order chi connectivity index (χ0) is 20.1. The zero-order valence-electron chi connectivity index (χ0n) is 16.1. The number of hydrogen-bond donors (Lipinski definition) is 0. The van der Waals surface area contributed by atoms with Gasteiger partial charge in [0.15, 0.2) is 0 Å². The van der Waals surface area contributed by atoms with E-state index < -0.39 is 0 Å². The fourth-order valence-electron chi connectivity index (χ4n) is 4.34. The third kappa shape index (κ3) is 2.50. The van der Waals surface area contributed by atoms with Crippen LogP contribution < -0.4 is 4.90 Å². The van der Waals surface area contributed by atoms with Crippen LogP contribution in [-0.2, 0) is 6.54 Å². The normalized spacial score (nSPS) is 15.4. The Morgan fingerprint density at radius 2 is 1.38 bits per heavy atom. The van der Waals surface area contributed by atoms with E-state index in [1.54, 1.807) is 23.1 Å². The Labute approximate surface area is 168 Å². The van der Waals surface area contributed by atoms with Crippen molar-refractivity contribution >= 4 is 34.2 Å². The summed E-state index contributed by atoms with van der Waals surface area (Å²) in [5.41, 5.74) is 3.34. The second-order valence-electron chi connectivity index (χ2n) is 7.53. The van der Waals surface area contributed by atoms with Crippen LogP contribution in [0.2, 0.25) is 0 Å². The van der Waals surface area contributed by atoms with Gasteiger partial charge in [0.25, 0.3) is 17.7 Å². The predicted molar refractivity (Wildman–Crippen MR) is 111 cm³/mol. The fourth-order valence-corrected chi connectivity index (χ4v) is 4.34. The van der Waals surface area contributed by atoms with Gasteiger partial charge in [0.05, 0.1) is 6.54 Å². The molecule has 3 aromatic rings. The highest BCUT2D eigenvalue weighted by atomic mass is 16.2. The molecule has 0 radical (unpaired) electrons. The van der Waals surface area contributed by atoms with Gasteiger partial charge in [-0.15, -0.1) is 0 Å². The van der Waals surface area contributed by atoms with Crippen molar-refractivity contribution in [3.8, 4) is 0 Å². The van der Waals surface area contributed by atoms with Crippen molar-refractivity contribution in [2.45, 2.75) is 26.3 Å². The van der Waals surface area contributed by atoms with Gasteiger partial charge >= 0.3 is 0 Å². The van der Waals surface area contributed by atoms with Gasteiger partial charge < -0.3 is 4.90 Å². The number of amides is 3. The van der Waals surface area contributed by atoms with Gasteiger partial charge in [0.2, 0.25) is 0 Å². The molecule has 0 fully saturated rings. The summed E-state index contributed by atoms with van der Waals surface area (Å²) >= 11 is 0. The first kappa shape index (κ1) is 17.6. The molecule has 5 nitrogen and oxygen atoms in total. The zero-order valence-corrected chi connectivity index (χ0v) is 16.1. The molecule has 0 spiro atoms. The van der Waals surface area contributed by atoms with E-state index in [0.29, 0.717) is 35.2 Å². The van der Waals surface area contributed by atoms with Crippen LogP contribution in [0.15, 0.2) is 54.6 Å². The maximum Gasteiger partial charge on any atom is 0.261 e. The molecule has 2 aliphatic heterocycles. The highest BCUT2D eigenvalue weighted by Gasteiger charge is 2.36. The van der Waals surface area contributed by atoms with Gasteiger partial charge in [-0.05, 0) is 42.3 Å². The Bertz CT molecular complexity index is 1160. The average Bonchev–Trinajstić information content (AvgIpc) is 2.75. The lowest BCUT2D eigenvalue weighted by Gasteiger charge is -2.33. The van der Waals surface area contributed by atoms with E-state index in [1.165, 1.54) is 4.90 Å². The molecule has 29 heavy (non-hydrogen) atoms. The van der Waals surface area contributed by atoms with Crippen LogP contribution in [0.1, 0.15) is 56.4 Å². The molecular formula is C24H20N2O3. The molecular weight excluding hydrogens is 364 g/mol. The molecule has 0 N–H and O–H groups in total. The fraction of sp³-hybridized carbons (Fsp3) is 0.208. The number of unbranched alkanes of at least 4 members (excludes halogenated alkanes) is 1. The number of carbonyl (C=O) groups excluding carboxylic acids is 3. The monoisotopic (exact) mass is 384 g/mol. The number of carbonyl (C=O) groups is 3. The number of anilines is 1. The highest BCUT2D eigenvalue weighted by molar-refractivity contribution is 6.29. The first-order chi connectivity index (χ1) is 14.1. The topological polar surface area (TPSA) is 57.7 Å². The molecule has 3 aromatic carbocycles. The SMILES string of the molecule is CCCCN1C(=O)c2ccc3c4c(ccc(c24)C1=O)C(=O)N(c1ccccc1)C3. The molecule has 2 aliphatic rings. The Morgan fingerprint density at radius 1 is 0.759 bits per heavy atom. The van der Waals surface area contributed by atoms with E-state index in [0.717, 1.165) is 29.5 Å². The van der Waals surface area contributed by atoms with E-state index in [2.05, 4.69) is 0 Å². The lowest BCUT2D eigenvalue weighted by atomic mass is 9.86. The number of hydrogen-bond acceptors (Lipinski definition) is 3. The van der Waals surface area contributed by atoms with Crippen molar-refractivity contribution in [3.63, 3.8) is 0 Å². The van der Waals surface area contributed by atoms with Crippen LogP contribution in [0.25, 0.3) is 10.8 Å². The quantitative estimate of drug-likeness (QED) is 0.627. The summed E-state index contributed by atoms with van der Waals surface area (Å²) < 4.78 is 0. The van der Waals surface area contributed by atoms with E-state index in [4.69, 9.17) is 0 Å². The molecule has 0 saturated carbocycles. The van der Waals surface area contributed by atoms with Crippen molar-refractivity contribution in [2.75, 3.05) is 11.4 Å². The summed E-state index contributed by atoms with van der Waals surface area (Å²) in [6.45, 7) is 2.86. The van der Waals surface area contributed by atoms with Crippen LogP contribution >= 0.6 is 0 Å². The number of nitrogens with zero attached hydrogens (tertiary/aromatic N) is 2. The van der Waals surface area contributed by atoms with Gasteiger partial charge in [0, 0.05) is 39.7 Å². The molecule has 0 bridgehead atoms. The van der Waals surface area contributed by atoms with Gasteiger partial charge in [-0.1, -0.05) is 37.6 Å². The van der Waals surface area contributed by atoms with Crippen molar-refractivity contribution in [1.29, 1.82) is 0 Å². The molecule has 144 valence electrons. The van der Waals surface area contributed by atoms with E-state index in [9.17, 15) is 14.4 Å². The van der Waals surface area contributed by atoms with Crippen molar-refractivity contribution in [3.05, 3.63) is 76.9 Å². The standard InChI is InChI=1S/C24H20N2O3/c1-2-3-13-25-22(27)18-10-9-15-14-26(16-7-5-4-6-8-16)24(29)17-11-12-19(23(25)28)21(18)20(15)17/h4-12H,2-3,13-14H2,1H3. The Balaban J connectivity index is 1.68. The molecule has 0 atom stereocenters. The summed E-state index contributed by atoms with van der Waals surface area (Å²) in [6.07, 6.45) is 1.68. The minimum Gasteiger partial charge on any atom is -0.304 e. The second-order valence-corrected chi connectivity index (χ2v) is 7.53. The summed E-state index contributed by atoms with van der Waals surface area (Å²) in [4.78, 5) is 42.4. The average molecular weight is 384 g/mol. The summed E-state index contributed by atoms with van der Waals surface area (Å²) in [5.74, 6) is -0.643. The predicted octanol–water partition coefficient (Wildman–Crippen LogP) is 4.40. The van der Waals surface area contributed by atoms with Crippen LogP contribution in [0.3, 0.4) is 0 Å². The lowest BCUT2D eigenvalue weighted by Crippen LogP contribution is -2.42. The Morgan fingerprint density at radius 3 is 2.03 bits per heavy atom. The van der Waals surface area contributed by atoms with Gasteiger partial charge in [0.1, 0.15) is 0 Å². The smallest absolute Gasteiger partial charge is 0.261 e. The third-order valence-corrected chi connectivity index (χ3v) is 5.81. The molecule has 0 saturated heterocycles. The van der Waals surface area contributed by atoms with Crippen LogP contribution in [-0.4, -0.2) is 29.2 Å². The largest absolute Gasteiger partial charge is 0.304 e. The number of benzene rings is 3. The minimum absolute atomic E-state index is 0.110. The van der Waals surface area contributed by atoms with E-state index in [-0.39, 0.29) is 17.7 Å². The van der Waals surface area contributed by atoms with Crippen molar-refractivity contribution in [1.82, 2.24) is 4.90 Å². The van der Waals surface area contributed by atoms with Gasteiger partial charge in [-0.3, -0.25) is 19.3 Å². The number of para-hydroxylation sites is 1. The summed E-state index contributed by atoms with van der Waals surface area (Å²) in [6, 6.07) is 16.7. The molecule has 0 aromatic heterocycles. The van der Waals surface area contributed by atoms with Crippen LogP contribution in [0.4, 0.5) is 5.69 Å². The highest BCUT2D eigenvalue weighted by Crippen LogP contribution is 2.38. The third-order valence-electron chi connectivity index (χ3n) is 5.81. The maximum atomic E-state index is 13.2. The Kier molecular flexibility index (Phi) is 3.98.